The molecule has 4 nitrogen and oxygen atoms in total. The summed E-state index contributed by atoms with van der Waals surface area (Å²) in [5.74, 6) is 0. The summed E-state index contributed by atoms with van der Waals surface area (Å²) in [6.45, 7) is 5.72. The van der Waals surface area contributed by atoms with Crippen LogP contribution in [0, 0.1) is 0 Å². The molecule has 2 aromatic rings. The summed E-state index contributed by atoms with van der Waals surface area (Å²) in [4.78, 5) is 4.06. The average Bonchev–Trinajstić information content (AvgIpc) is 3.09. The van der Waals surface area contributed by atoms with E-state index in [1.807, 2.05) is 12.1 Å². The molecule has 0 saturated carbocycles. The van der Waals surface area contributed by atoms with Gasteiger partial charge in [0.2, 0.25) is 10.0 Å². The molecular formula is C18H24N2O2S2. The van der Waals surface area contributed by atoms with E-state index in [4.69, 9.17) is 0 Å². The van der Waals surface area contributed by atoms with Crippen LogP contribution in [0.15, 0.2) is 46.7 Å². The smallest absolute Gasteiger partial charge is 0.243 e. The van der Waals surface area contributed by atoms with E-state index in [1.165, 1.54) is 10.4 Å². The van der Waals surface area contributed by atoms with E-state index in [9.17, 15) is 8.42 Å². The van der Waals surface area contributed by atoms with Gasteiger partial charge in [0.05, 0.1) is 4.90 Å². The van der Waals surface area contributed by atoms with E-state index >= 15 is 0 Å². The number of hydrogen-bond donors (Lipinski definition) is 0. The zero-order valence-electron chi connectivity index (χ0n) is 14.0. The molecule has 0 radical (unpaired) electrons. The maximum atomic E-state index is 12.8. The number of hydrogen-bond acceptors (Lipinski definition) is 4. The van der Waals surface area contributed by atoms with Gasteiger partial charge in [-0.1, -0.05) is 31.5 Å². The van der Waals surface area contributed by atoms with Crippen molar-refractivity contribution in [3.05, 3.63) is 52.2 Å². The molecule has 0 unspecified atom stereocenters. The van der Waals surface area contributed by atoms with Crippen LogP contribution in [0.25, 0.3) is 0 Å². The van der Waals surface area contributed by atoms with Gasteiger partial charge in [0.25, 0.3) is 0 Å². The van der Waals surface area contributed by atoms with Crippen LogP contribution in [0.1, 0.15) is 23.8 Å². The summed E-state index contributed by atoms with van der Waals surface area (Å²) in [5, 5.41) is 2.08. The maximum absolute atomic E-state index is 12.8. The summed E-state index contributed by atoms with van der Waals surface area (Å²) in [6.07, 6.45) is 2.06. The van der Waals surface area contributed by atoms with Crippen molar-refractivity contribution < 1.29 is 8.42 Å². The number of benzene rings is 1. The molecule has 1 aromatic heterocycles. The average molecular weight is 365 g/mol. The summed E-state index contributed by atoms with van der Waals surface area (Å²) >= 11 is 1.75. The lowest BCUT2D eigenvalue weighted by Crippen LogP contribution is -2.48. The van der Waals surface area contributed by atoms with Gasteiger partial charge in [0, 0.05) is 37.6 Å². The predicted octanol–water partition coefficient (Wildman–Crippen LogP) is 3.21. The zero-order chi connectivity index (χ0) is 17.0. The Balaban J connectivity index is 1.61. The van der Waals surface area contributed by atoms with Crippen molar-refractivity contribution >= 4 is 21.4 Å². The van der Waals surface area contributed by atoms with Crippen LogP contribution in [0.3, 0.4) is 0 Å². The topological polar surface area (TPSA) is 40.6 Å². The lowest BCUT2D eigenvalue weighted by Gasteiger charge is -2.33. The Morgan fingerprint density at radius 1 is 1.04 bits per heavy atom. The van der Waals surface area contributed by atoms with Crippen LogP contribution in [-0.4, -0.2) is 43.8 Å². The lowest BCUT2D eigenvalue weighted by molar-refractivity contribution is 0.183. The highest BCUT2D eigenvalue weighted by Crippen LogP contribution is 2.20. The Kier molecular flexibility index (Phi) is 5.71. The molecule has 1 fully saturated rings. The van der Waals surface area contributed by atoms with E-state index in [2.05, 4.69) is 29.3 Å². The molecule has 3 rings (SSSR count). The van der Waals surface area contributed by atoms with E-state index < -0.39 is 10.0 Å². The van der Waals surface area contributed by atoms with Crippen molar-refractivity contribution in [2.75, 3.05) is 26.2 Å². The Labute approximate surface area is 148 Å². The Hall–Kier alpha value is -1.21. The number of thiophene rings is 1. The van der Waals surface area contributed by atoms with Crippen molar-refractivity contribution in [2.45, 2.75) is 31.2 Å². The maximum Gasteiger partial charge on any atom is 0.243 e. The quantitative estimate of drug-likeness (QED) is 0.790. The minimum absolute atomic E-state index is 0.411. The Bertz CT molecular complexity index is 732. The summed E-state index contributed by atoms with van der Waals surface area (Å²) in [7, 11) is -3.37. The Morgan fingerprint density at radius 2 is 1.75 bits per heavy atom. The van der Waals surface area contributed by atoms with Crippen LogP contribution in [-0.2, 0) is 23.0 Å². The van der Waals surface area contributed by atoms with Gasteiger partial charge in [-0.25, -0.2) is 8.42 Å². The molecular weight excluding hydrogens is 340 g/mol. The fourth-order valence-electron chi connectivity index (χ4n) is 3.02. The van der Waals surface area contributed by atoms with Crippen LogP contribution in [0.5, 0.6) is 0 Å². The van der Waals surface area contributed by atoms with Gasteiger partial charge in [-0.3, -0.25) is 4.90 Å². The first-order valence-corrected chi connectivity index (χ1v) is 10.8. The minimum Gasteiger partial charge on any atom is -0.296 e. The van der Waals surface area contributed by atoms with Crippen molar-refractivity contribution in [3.63, 3.8) is 0 Å². The highest BCUT2D eigenvalue weighted by Gasteiger charge is 2.28. The monoisotopic (exact) mass is 364 g/mol. The first-order valence-electron chi connectivity index (χ1n) is 8.43. The van der Waals surface area contributed by atoms with Crippen LogP contribution in [0.4, 0.5) is 0 Å². The normalized spacial score (nSPS) is 17.2. The van der Waals surface area contributed by atoms with Gasteiger partial charge < -0.3 is 0 Å². The second-order valence-corrected chi connectivity index (χ2v) is 9.12. The zero-order valence-corrected chi connectivity index (χ0v) is 15.7. The summed E-state index contributed by atoms with van der Waals surface area (Å²) in [5.41, 5.74) is 1.19. The SMILES string of the molecule is CCCc1ccc(S(=O)(=O)N2CCN(Cc3cccs3)CC2)cc1. The number of piperazine rings is 1. The largest absolute Gasteiger partial charge is 0.296 e. The molecule has 1 aliphatic rings. The van der Waals surface area contributed by atoms with Gasteiger partial charge in [-0.15, -0.1) is 11.3 Å². The van der Waals surface area contributed by atoms with Crippen LogP contribution < -0.4 is 0 Å². The molecule has 0 amide bonds. The molecule has 1 saturated heterocycles. The second-order valence-electron chi connectivity index (χ2n) is 6.15. The molecule has 0 aliphatic carbocycles. The van der Waals surface area contributed by atoms with Gasteiger partial charge in [0.15, 0.2) is 0 Å². The van der Waals surface area contributed by atoms with Crippen molar-refractivity contribution in [1.29, 1.82) is 0 Å². The van der Waals surface area contributed by atoms with E-state index in [0.717, 1.165) is 32.5 Å². The molecule has 24 heavy (non-hydrogen) atoms. The summed E-state index contributed by atoms with van der Waals surface area (Å²) < 4.78 is 27.2. The Morgan fingerprint density at radius 3 is 2.33 bits per heavy atom. The van der Waals surface area contributed by atoms with E-state index in [-0.39, 0.29) is 0 Å². The van der Waals surface area contributed by atoms with E-state index in [1.54, 1.807) is 27.8 Å². The third kappa shape index (κ3) is 4.06. The molecule has 1 aromatic carbocycles. The standard InChI is InChI=1S/C18H24N2O2S2/c1-2-4-16-6-8-18(9-7-16)24(21,22)20-12-10-19(11-13-20)15-17-5-3-14-23-17/h3,5-9,14H,2,4,10-13,15H2,1H3. The van der Waals surface area contributed by atoms with Gasteiger partial charge >= 0.3 is 0 Å². The van der Waals surface area contributed by atoms with Crippen molar-refractivity contribution in [3.8, 4) is 0 Å². The van der Waals surface area contributed by atoms with Gasteiger partial charge in [0.1, 0.15) is 0 Å². The predicted molar refractivity (Wildman–Crippen MR) is 98.8 cm³/mol. The molecule has 0 spiro atoms. The van der Waals surface area contributed by atoms with Crippen molar-refractivity contribution in [1.82, 2.24) is 9.21 Å². The molecule has 130 valence electrons. The first-order chi connectivity index (χ1) is 11.6. The van der Waals surface area contributed by atoms with Gasteiger partial charge in [-0.05, 0) is 35.6 Å². The molecule has 0 N–H and O–H groups in total. The van der Waals surface area contributed by atoms with Crippen LogP contribution in [0.2, 0.25) is 0 Å². The molecule has 6 heteroatoms. The number of sulfonamides is 1. The third-order valence-corrected chi connectivity index (χ3v) is 7.16. The molecule has 2 heterocycles. The lowest BCUT2D eigenvalue weighted by atomic mass is 10.1. The summed E-state index contributed by atoms with van der Waals surface area (Å²) in [6, 6.07) is 11.6. The highest BCUT2D eigenvalue weighted by atomic mass is 32.2. The molecule has 1 aliphatic heterocycles. The fraction of sp³-hybridized carbons (Fsp3) is 0.444. The molecule has 0 bridgehead atoms. The van der Waals surface area contributed by atoms with Gasteiger partial charge in [-0.2, -0.15) is 4.31 Å². The molecule has 0 atom stereocenters. The van der Waals surface area contributed by atoms with Crippen molar-refractivity contribution in [2.24, 2.45) is 0 Å². The highest BCUT2D eigenvalue weighted by molar-refractivity contribution is 7.89. The number of rotatable bonds is 6. The second kappa shape index (κ2) is 7.78. The van der Waals surface area contributed by atoms with Crippen LogP contribution >= 0.6 is 11.3 Å². The van der Waals surface area contributed by atoms with E-state index in [0.29, 0.717) is 18.0 Å². The minimum atomic E-state index is -3.37. The first kappa shape index (κ1) is 17.6. The number of nitrogens with zero attached hydrogens (tertiary/aromatic N) is 2. The number of aryl methyl sites for hydroxylation is 1. The third-order valence-electron chi connectivity index (χ3n) is 4.39. The fourth-order valence-corrected chi connectivity index (χ4v) is 5.19.